The Kier molecular flexibility index (Phi) is 7.28. The third-order valence-electron chi connectivity index (χ3n) is 3.81. The van der Waals surface area contributed by atoms with Crippen LogP contribution < -0.4 is 5.32 Å². The van der Waals surface area contributed by atoms with Gasteiger partial charge in [0.25, 0.3) is 0 Å². The number of hydrogen-bond acceptors (Lipinski definition) is 4. The van der Waals surface area contributed by atoms with Crippen LogP contribution in [0.5, 0.6) is 0 Å². The van der Waals surface area contributed by atoms with Crippen LogP contribution in [0.25, 0.3) is 0 Å². The van der Waals surface area contributed by atoms with Gasteiger partial charge in [-0.15, -0.1) is 0 Å². The van der Waals surface area contributed by atoms with Crippen LogP contribution in [0.15, 0.2) is 0 Å². The van der Waals surface area contributed by atoms with Crippen LogP contribution in [-0.4, -0.2) is 50.2 Å². The van der Waals surface area contributed by atoms with Gasteiger partial charge in [-0.3, -0.25) is 4.79 Å². The number of hydrogen-bond donors (Lipinski definition) is 1. The second kappa shape index (κ2) is 8.48. The Bertz CT molecular complexity index is 246. The zero-order valence-corrected chi connectivity index (χ0v) is 12.1. The molecule has 106 valence electrons. The van der Waals surface area contributed by atoms with E-state index in [2.05, 4.69) is 24.1 Å². The Hall–Kier alpha value is -0.610. The molecule has 1 N–H and O–H groups in total. The summed E-state index contributed by atoms with van der Waals surface area (Å²) in [6, 6.07) is -0.143. The highest BCUT2D eigenvalue weighted by Gasteiger charge is 2.23. The number of esters is 1. The lowest BCUT2D eigenvalue weighted by molar-refractivity contribution is -0.143. The third-order valence-corrected chi connectivity index (χ3v) is 3.81. The molecule has 1 rings (SSSR count). The van der Waals surface area contributed by atoms with Gasteiger partial charge in [0.1, 0.15) is 6.04 Å². The fourth-order valence-corrected chi connectivity index (χ4v) is 2.52. The van der Waals surface area contributed by atoms with Crippen molar-refractivity contribution >= 4 is 5.97 Å². The van der Waals surface area contributed by atoms with E-state index in [1.165, 1.54) is 33.0 Å². The summed E-state index contributed by atoms with van der Waals surface area (Å²) < 4.78 is 4.85. The van der Waals surface area contributed by atoms with Crippen LogP contribution in [0.2, 0.25) is 0 Å². The van der Waals surface area contributed by atoms with Crippen molar-refractivity contribution in [1.29, 1.82) is 0 Å². The summed E-state index contributed by atoms with van der Waals surface area (Å²) in [7, 11) is 1.46. The quantitative estimate of drug-likeness (QED) is 0.671. The molecule has 0 saturated carbocycles. The van der Waals surface area contributed by atoms with Crippen LogP contribution in [-0.2, 0) is 9.53 Å². The smallest absolute Gasteiger partial charge is 0.322 e. The number of nitrogens with zero attached hydrogens (tertiary/aromatic N) is 1. The van der Waals surface area contributed by atoms with E-state index in [0.29, 0.717) is 0 Å². The second-order valence-electron chi connectivity index (χ2n) is 5.18. The SMILES string of the molecule is CCCNC(CCN1CCC(CC)C1)C(=O)OC. The molecule has 0 amide bonds. The number of likely N-dealkylation sites (tertiary alicyclic amines) is 1. The van der Waals surface area contributed by atoms with Crippen molar-refractivity contribution in [2.75, 3.05) is 33.3 Å². The molecular weight excluding hydrogens is 228 g/mol. The predicted molar refractivity (Wildman–Crippen MR) is 73.6 cm³/mol. The summed E-state index contributed by atoms with van der Waals surface area (Å²) in [4.78, 5) is 14.1. The van der Waals surface area contributed by atoms with Crippen molar-refractivity contribution in [2.24, 2.45) is 5.92 Å². The summed E-state index contributed by atoms with van der Waals surface area (Å²) in [6.07, 6.45) is 4.46. The van der Waals surface area contributed by atoms with Gasteiger partial charge in [0.05, 0.1) is 7.11 Å². The number of rotatable bonds is 8. The number of nitrogens with one attached hydrogen (secondary N) is 1. The molecule has 1 fully saturated rings. The zero-order valence-electron chi connectivity index (χ0n) is 12.1. The van der Waals surface area contributed by atoms with Crippen molar-refractivity contribution in [3.8, 4) is 0 Å². The normalized spacial score (nSPS) is 22.1. The molecular formula is C14H28N2O2. The van der Waals surface area contributed by atoms with E-state index < -0.39 is 0 Å². The lowest BCUT2D eigenvalue weighted by Gasteiger charge is -2.20. The Labute approximate surface area is 111 Å². The van der Waals surface area contributed by atoms with E-state index in [0.717, 1.165) is 31.8 Å². The van der Waals surface area contributed by atoms with E-state index in [9.17, 15) is 4.79 Å². The fraction of sp³-hybridized carbons (Fsp3) is 0.929. The number of carbonyl (C=O) groups is 1. The molecule has 4 heteroatoms. The van der Waals surface area contributed by atoms with Crippen molar-refractivity contribution in [3.05, 3.63) is 0 Å². The van der Waals surface area contributed by atoms with E-state index in [-0.39, 0.29) is 12.0 Å². The van der Waals surface area contributed by atoms with Gasteiger partial charge in [-0.25, -0.2) is 0 Å². The first-order valence-corrected chi connectivity index (χ1v) is 7.24. The molecule has 2 unspecified atom stereocenters. The second-order valence-corrected chi connectivity index (χ2v) is 5.18. The van der Waals surface area contributed by atoms with Crippen LogP contribution in [0.1, 0.15) is 39.5 Å². The van der Waals surface area contributed by atoms with Crippen LogP contribution in [0.3, 0.4) is 0 Å². The van der Waals surface area contributed by atoms with Gasteiger partial charge in [0.15, 0.2) is 0 Å². The molecule has 1 saturated heterocycles. The first kappa shape index (κ1) is 15.4. The molecule has 0 aromatic heterocycles. The summed E-state index contributed by atoms with van der Waals surface area (Å²) in [5, 5.41) is 3.27. The monoisotopic (exact) mass is 256 g/mol. The maximum atomic E-state index is 11.6. The minimum Gasteiger partial charge on any atom is -0.468 e. The summed E-state index contributed by atoms with van der Waals surface area (Å²) in [6.45, 7) is 8.60. The van der Waals surface area contributed by atoms with E-state index in [4.69, 9.17) is 4.74 Å². The van der Waals surface area contributed by atoms with Gasteiger partial charge in [0.2, 0.25) is 0 Å². The lowest BCUT2D eigenvalue weighted by Crippen LogP contribution is -2.40. The molecule has 0 spiro atoms. The molecule has 4 nitrogen and oxygen atoms in total. The highest BCUT2D eigenvalue weighted by Crippen LogP contribution is 2.19. The van der Waals surface area contributed by atoms with Gasteiger partial charge in [-0.2, -0.15) is 0 Å². The van der Waals surface area contributed by atoms with Gasteiger partial charge in [-0.05, 0) is 38.3 Å². The molecule has 1 heterocycles. The first-order chi connectivity index (χ1) is 8.71. The Balaban J connectivity index is 2.30. The molecule has 0 aliphatic carbocycles. The maximum Gasteiger partial charge on any atom is 0.322 e. The van der Waals surface area contributed by atoms with Crippen LogP contribution in [0, 0.1) is 5.92 Å². The Morgan fingerprint density at radius 2 is 2.28 bits per heavy atom. The average Bonchev–Trinajstić information content (AvgIpc) is 2.86. The Morgan fingerprint density at radius 3 is 2.83 bits per heavy atom. The van der Waals surface area contributed by atoms with Crippen molar-refractivity contribution in [3.63, 3.8) is 0 Å². The molecule has 0 radical (unpaired) electrons. The van der Waals surface area contributed by atoms with E-state index >= 15 is 0 Å². The van der Waals surface area contributed by atoms with Crippen molar-refractivity contribution in [2.45, 2.75) is 45.6 Å². The molecule has 0 bridgehead atoms. The van der Waals surface area contributed by atoms with Gasteiger partial charge < -0.3 is 15.0 Å². The number of carbonyl (C=O) groups excluding carboxylic acids is 1. The number of methoxy groups -OCH3 is 1. The largest absolute Gasteiger partial charge is 0.468 e. The molecule has 18 heavy (non-hydrogen) atoms. The van der Waals surface area contributed by atoms with Crippen molar-refractivity contribution < 1.29 is 9.53 Å². The topological polar surface area (TPSA) is 41.6 Å². The first-order valence-electron chi connectivity index (χ1n) is 7.24. The standard InChI is InChI=1S/C14H28N2O2/c1-4-8-15-13(14(17)18-3)7-10-16-9-6-12(5-2)11-16/h12-13,15H,4-11H2,1-3H3. The minimum absolute atomic E-state index is 0.130. The highest BCUT2D eigenvalue weighted by molar-refractivity contribution is 5.75. The lowest BCUT2D eigenvalue weighted by atomic mass is 10.1. The summed E-state index contributed by atoms with van der Waals surface area (Å²) >= 11 is 0. The van der Waals surface area contributed by atoms with E-state index in [1.807, 2.05) is 0 Å². The average molecular weight is 256 g/mol. The van der Waals surface area contributed by atoms with E-state index in [1.54, 1.807) is 0 Å². The zero-order chi connectivity index (χ0) is 13.4. The Morgan fingerprint density at radius 1 is 1.50 bits per heavy atom. The fourth-order valence-electron chi connectivity index (χ4n) is 2.52. The molecule has 1 aliphatic heterocycles. The highest BCUT2D eigenvalue weighted by atomic mass is 16.5. The summed E-state index contributed by atoms with van der Waals surface area (Å²) in [5.41, 5.74) is 0. The predicted octanol–water partition coefficient (Wildman–Crippen LogP) is 1.65. The summed E-state index contributed by atoms with van der Waals surface area (Å²) in [5.74, 6) is 0.722. The van der Waals surface area contributed by atoms with Gasteiger partial charge in [0, 0.05) is 13.1 Å². The van der Waals surface area contributed by atoms with Gasteiger partial charge in [-0.1, -0.05) is 20.3 Å². The van der Waals surface area contributed by atoms with Crippen LogP contribution in [0.4, 0.5) is 0 Å². The molecule has 1 aliphatic rings. The molecule has 0 aromatic carbocycles. The third kappa shape index (κ3) is 4.94. The number of ether oxygens (including phenoxy) is 1. The maximum absolute atomic E-state index is 11.6. The molecule has 2 atom stereocenters. The van der Waals surface area contributed by atoms with Gasteiger partial charge >= 0.3 is 5.97 Å². The minimum atomic E-state index is -0.143. The van der Waals surface area contributed by atoms with Crippen LogP contribution >= 0.6 is 0 Å². The molecule has 0 aromatic rings. The van der Waals surface area contributed by atoms with Crippen molar-refractivity contribution in [1.82, 2.24) is 10.2 Å².